The quantitative estimate of drug-likeness (QED) is 0.175. The summed E-state index contributed by atoms with van der Waals surface area (Å²) in [6.07, 6.45) is 3.81. The molecule has 0 atom stereocenters. The third-order valence-electron chi connectivity index (χ3n) is 10.00. The van der Waals surface area contributed by atoms with Crippen LogP contribution < -0.4 is 11.1 Å². The van der Waals surface area contributed by atoms with Crippen molar-refractivity contribution < 1.29 is 0 Å². The minimum Gasteiger partial charge on any atom is -0.397 e. The van der Waals surface area contributed by atoms with E-state index in [4.69, 9.17) is 5.73 Å². The fourth-order valence-electron chi connectivity index (χ4n) is 7.54. The maximum atomic E-state index is 6.66. The number of fused-ring (bicyclic) bond motifs is 6. The lowest BCUT2D eigenvalue weighted by Crippen LogP contribution is -2.01. The zero-order valence-electron chi connectivity index (χ0n) is 28.6. The molecule has 7 heteroatoms. The predicted octanol–water partition coefficient (Wildman–Crippen LogP) is 10.5. The van der Waals surface area contributed by atoms with Crippen LogP contribution in [0.3, 0.4) is 0 Å². The van der Waals surface area contributed by atoms with Gasteiger partial charge in [0, 0.05) is 50.4 Å². The van der Waals surface area contributed by atoms with Gasteiger partial charge in [0.2, 0.25) is 0 Å². The fraction of sp³-hybridized carbons (Fsp3) is 0. The van der Waals surface area contributed by atoms with Crippen LogP contribution in [0.4, 0.5) is 5.69 Å². The van der Waals surface area contributed by atoms with Crippen LogP contribution >= 0.6 is 0 Å². The average molecular weight is 684 g/mol. The largest absolute Gasteiger partial charge is 0.397 e. The van der Waals surface area contributed by atoms with Crippen molar-refractivity contribution in [1.29, 1.82) is 0 Å². The minimum absolute atomic E-state index is 0.611. The van der Waals surface area contributed by atoms with Gasteiger partial charge in [0.1, 0.15) is 5.69 Å². The molecule has 0 radical (unpaired) electrons. The molecule has 0 aliphatic heterocycles. The number of rotatable bonds is 7. The average Bonchev–Trinajstić information content (AvgIpc) is 3.94. The lowest BCUT2D eigenvalue weighted by atomic mass is 10.1. The number of nitrogens with one attached hydrogen (secondary N) is 1. The van der Waals surface area contributed by atoms with Gasteiger partial charge in [0.25, 0.3) is 0 Å². The third kappa shape index (κ3) is 5.22. The van der Waals surface area contributed by atoms with Crippen molar-refractivity contribution in [1.82, 2.24) is 24.1 Å². The number of nitrogens with zero attached hydrogens (tertiary/aromatic N) is 5. The maximum Gasteiger partial charge on any atom is 0.113 e. The molecule has 0 aliphatic carbocycles. The fourth-order valence-corrected chi connectivity index (χ4v) is 7.54. The van der Waals surface area contributed by atoms with Crippen molar-refractivity contribution in [3.05, 3.63) is 188 Å². The summed E-state index contributed by atoms with van der Waals surface area (Å²) in [4.78, 5) is 0. The number of benzene rings is 7. The lowest BCUT2D eigenvalue weighted by Gasteiger charge is -2.11. The van der Waals surface area contributed by atoms with Crippen LogP contribution in [0.1, 0.15) is 5.56 Å². The molecule has 53 heavy (non-hydrogen) atoms. The molecule has 3 N–H and O–H groups in total. The van der Waals surface area contributed by atoms with E-state index in [1.807, 2.05) is 47.4 Å². The first-order valence-electron chi connectivity index (χ1n) is 17.6. The third-order valence-corrected chi connectivity index (χ3v) is 10.00. The molecule has 0 spiro atoms. The number of hydrogen-bond donors (Lipinski definition) is 2. The first-order chi connectivity index (χ1) is 26.2. The second-order valence-electron chi connectivity index (χ2n) is 13.2. The first-order valence-corrected chi connectivity index (χ1v) is 17.6. The highest BCUT2D eigenvalue weighted by atomic mass is 15.4. The first kappa shape index (κ1) is 30.4. The van der Waals surface area contributed by atoms with Gasteiger partial charge in [-0.25, -0.2) is 4.68 Å². The molecule has 3 heterocycles. The zero-order valence-corrected chi connectivity index (χ0v) is 28.6. The lowest BCUT2D eigenvalue weighted by molar-refractivity contribution is 0.803. The van der Waals surface area contributed by atoms with Crippen molar-refractivity contribution in [2.45, 2.75) is 0 Å². The van der Waals surface area contributed by atoms with E-state index < -0.39 is 0 Å². The second-order valence-corrected chi connectivity index (χ2v) is 13.2. The van der Waals surface area contributed by atoms with Crippen molar-refractivity contribution in [2.75, 3.05) is 5.32 Å². The van der Waals surface area contributed by atoms with E-state index in [-0.39, 0.29) is 0 Å². The topological polar surface area (TPSA) is 78.6 Å². The van der Waals surface area contributed by atoms with Crippen LogP contribution in [0.25, 0.3) is 77.6 Å². The molecular formula is C46H33N7. The Bertz CT molecular complexity index is 2910. The molecule has 3 aromatic heterocycles. The standard InChI is InChI=1S/C46H33N7/c47-41(29-48-33-14-10-16-35(27-33)52-43-22-5-1-18-37(43)38-19-2-6-23-44(38)52)31-12-9-13-32(26-31)42-30-51(50-49-42)34-15-11-17-36(28-34)53-45-24-7-3-20-39(45)40-21-4-8-25-46(40)53/h1-30,48H,47H2/b41-29-. The summed E-state index contributed by atoms with van der Waals surface area (Å²) in [5.41, 5.74) is 18.5. The van der Waals surface area contributed by atoms with Gasteiger partial charge in [-0.1, -0.05) is 108 Å². The van der Waals surface area contributed by atoms with Crippen LogP contribution in [0.2, 0.25) is 0 Å². The van der Waals surface area contributed by atoms with Crippen LogP contribution in [0, 0.1) is 0 Å². The summed E-state index contributed by atoms with van der Waals surface area (Å²) in [6.45, 7) is 0. The molecule has 0 unspecified atom stereocenters. The molecule has 0 amide bonds. The van der Waals surface area contributed by atoms with E-state index in [1.165, 1.54) is 32.6 Å². The zero-order chi connectivity index (χ0) is 35.3. The molecule has 0 saturated heterocycles. The normalized spacial score (nSPS) is 12.0. The highest BCUT2D eigenvalue weighted by Crippen LogP contribution is 2.34. The van der Waals surface area contributed by atoms with E-state index in [9.17, 15) is 0 Å². The molecule has 0 aliphatic rings. The van der Waals surface area contributed by atoms with Crippen LogP contribution in [0.15, 0.2) is 182 Å². The summed E-state index contributed by atoms with van der Waals surface area (Å²) in [5.74, 6) is 0. The molecule has 0 saturated carbocycles. The van der Waals surface area contributed by atoms with Crippen molar-refractivity contribution in [2.24, 2.45) is 5.73 Å². The van der Waals surface area contributed by atoms with Crippen molar-refractivity contribution in [3.63, 3.8) is 0 Å². The second kappa shape index (κ2) is 12.4. The van der Waals surface area contributed by atoms with E-state index in [0.29, 0.717) is 5.70 Å². The monoisotopic (exact) mass is 683 g/mol. The molecule has 0 fully saturated rings. The smallest absolute Gasteiger partial charge is 0.113 e. The van der Waals surface area contributed by atoms with Gasteiger partial charge in [-0.2, -0.15) is 0 Å². The highest BCUT2D eigenvalue weighted by Gasteiger charge is 2.14. The molecule has 7 aromatic carbocycles. The Morgan fingerprint density at radius 1 is 0.509 bits per heavy atom. The Labute approximate surface area is 305 Å². The van der Waals surface area contributed by atoms with E-state index >= 15 is 0 Å². The van der Waals surface area contributed by atoms with Gasteiger partial charge in [-0.15, -0.1) is 5.10 Å². The summed E-state index contributed by atoms with van der Waals surface area (Å²) >= 11 is 0. The van der Waals surface area contributed by atoms with Crippen LogP contribution in [0.5, 0.6) is 0 Å². The summed E-state index contributed by atoms with van der Waals surface area (Å²) in [7, 11) is 0. The molecule has 252 valence electrons. The van der Waals surface area contributed by atoms with Crippen LogP contribution in [-0.2, 0) is 0 Å². The highest BCUT2D eigenvalue weighted by molar-refractivity contribution is 6.10. The molecular weight excluding hydrogens is 651 g/mol. The maximum absolute atomic E-state index is 6.66. The minimum atomic E-state index is 0.611. The van der Waals surface area contributed by atoms with Crippen LogP contribution in [-0.4, -0.2) is 24.1 Å². The van der Waals surface area contributed by atoms with Gasteiger partial charge in [0.15, 0.2) is 0 Å². The Morgan fingerprint density at radius 2 is 1.02 bits per heavy atom. The molecule has 7 nitrogen and oxygen atoms in total. The Kier molecular flexibility index (Phi) is 7.14. The van der Waals surface area contributed by atoms with E-state index in [1.54, 1.807) is 0 Å². The molecule has 10 aromatic rings. The molecule has 10 rings (SSSR count). The number of anilines is 1. The van der Waals surface area contributed by atoms with E-state index in [0.717, 1.165) is 50.6 Å². The summed E-state index contributed by atoms with van der Waals surface area (Å²) in [5, 5.41) is 17.4. The number of para-hydroxylation sites is 4. The molecule has 0 bridgehead atoms. The van der Waals surface area contributed by atoms with E-state index in [2.05, 4.69) is 164 Å². The predicted molar refractivity (Wildman–Crippen MR) is 218 cm³/mol. The number of nitrogens with two attached hydrogens (primary N) is 1. The van der Waals surface area contributed by atoms with Gasteiger partial charge in [-0.3, -0.25) is 0 Å². The number of hydrogen-bond acceptors (Lipinski definition) is 4. The summed E-state index contributed by atoms with van der Waals surface area (Å²) in [6, 6.07) is 59.0. The van der Waals surface area contributed by atoms with Gasteiger partial charge in [-0.05, 0) is 72.3 Å². The van der Waals surface area contributed by atoms with Gasteiger partial charge >= 0.3 is 0 Å². The van der Waals surface area contributed by atoms with Crippen molar-refractivity contribution in [3.8, 4) is 28.3 Å². The number of aromatic nitrogens is 5. The Morgan fingerprint density at radius 3 is 1.62 bits per heavy atom. The Hall–Kier alpha value is -7.38. The summed E-state index contributed by atoms with van der Waals surface area (Å²) < 4.78 is 6.43. The van der Waals surface area contributed by atoms with Crippen molar-refractivity contribution >= 4 is 55.0 Å². The van der Waals surface area contributed by atoms with Gasteiger partial charge < -0.3 is 20.2 Å². The SMILES string of the molecule is N/C(=C\Nc1cccc(-n2c3ccccc3c3ccccc32)c1)c1cccc(-c2cn(-c3cccc(-n4c5ccccc5c5ccccc54)c3)nn2)c1. The van der Waals surface area contributed by atoms with Gasteiger partial charge in [0.05, 0.1) is 39.6 Å². The Balaban J connectivity index is 0.921.